The number of nitrogens with one attached hydrogen (secondary N) is 1. The highest BCUT2D eigenvalue weighted by atomic mass is 79.9. The second-order valence-corrected chi connectivity index (χ2v) is 6.58. The van der Waals surface area contributed by atoms with Gasteiger partial charge in [-0.3, -0.25) is 0 Å². The van der Waals surface area contributed by atoms with E-state index in [0.29, 0.717) is 6.04 Å². The van der Waals surface area contributed by atoms with Gasteiger partial charge in [0, 0.05) is 23.6 Å². The zero-order valence-electron chi connectivity index (χ0n) is 12.0. The van der Waals surface area contributed by atoms with Crippen molar-refractivity contribution in [3.05, 3.63) is 34.3 Å². The van der Waals surface area contributed by atoms with Crippen LogP contribution in [0.2, 0.25) is 0 Å². The Labute approximate surface area is 125 Å². The standard InChI is InChI=1S/C16H25BrN2/c1-13-7-10-19(11-8-13)12-9-18-14(2)15-5-3-4-6-16(15)17/h3-6,13-14,18H,7-12H2,1-2H3. The van der Waals surface area contributed by atoms with Gasteiger partial charge in [-0.15, -0.1) is 0 Å². The molecule has 19 heavy (non-hydrogen) atoms. The van der Waals surface area contributed by atoms with Crippen molar-refractivity contribution in [3.63, 3.8) is 0 Å². The third kappa shape index (κ3) is 4.59. The van der Waals surface area contributed by atoms with E-state index in [1.165, 1.54) is 42.5 Å². The number of nitrogens with zero attached hydrogens (tertiary/aromatic N) is 1. The summed E-state index contributed by atoms with van der Waals surface area (Å²) in [6.45, 7) is 9.37. The van der Waals surface area contributed by atoms with Crippen LogP contribution in [0.4, 0.5) is 0 Å². The highest BCUT2D eigenvalue weighted by Crippen LogP contribution is 2.22. The third-order valence-corrected chi connectivity index (χ3v) is 4.85. The number of likely N-dealkylation sites (tertiary alicyclic amines) is 1. The summed E-state index contributed by atoms with van der Waals surface area (Å²) in [4.78, 5) is 2.58. The van der Waals surface area contributed by atoms with Crippen molar-refractivity contribution in [1.29, 1.82) is 0 Å². The molecule has 0 amide bonds. The molecular weight excluding hydrogens is 300 g/mol. The van der Waals surface area contributed by atoms with Gasteiger partial charge < -0.3 is 10.2 Å². The van der Waals surface area contributed by atoms with E-state index < -0.39 is 0 Å². The van der Waals surface area contributed by atoms with Gasteiger partial charge in [-0.25, -0.2) is 0 Å². The van der Waals surface area contributed by atoms with Gasteiger partial charge in [-0.05, 0) is 50.4 Å². The third-order valence-electron chi connectivity index (χ3n) is 4.13. The monoisotopic (exact) mass is 324 g/mol. The Morgan fingerprint density at radius 3 is 2.68 bits per heavy atom. The van der Waals surface area contributed by atoms with E-state index in [1.54, 1.807) is 0 Å². The van der Waals surface area contributed by atoms with Gasteiger partial charge in [0.1, 0.15) is 0 Å². The van der Waals surface area contributed by atoms with Crippen LogP contribution in [0.25, 0.3) is 0 Å². The van der Waals surface area contributed by atoms with Gasteiger partial charge in [-0.1, -0.05) is 41.1 Å². The van der Waals surface area contributed by atoms with E-state index >= 15 is 0 Å². The lowest BCUT2D eigenvalue weighted by Crippen LogP contribution is -2.38. The summed E-state index contributed by atoms with van der Waals surface area (Å²) in [6, 6.07) is 8.86. The topological polar surface area (TPSA) is 15.3 Å². The molecule has 0 spiro atoms. The molecular formula is C16H25BrN2. The van der Waals surface area contributed by atoms with Crippen LogP contribution >= 0.6 is 15.9 Å². The molecule has 1 saturated heterocycles. The van der Waals surface area contributed by atoms with E-state index in [9.17, 15) is 0 Å². The number of benzene rings is 1. The zero-order chi connectivity index (χ0) is 13.7. The average Bonchev–Trinajstić information content (AvgIpc) is 2.41. The molecule has 1 fully saturated rings. The number of rotatable bonds is 5. The smallest absolute Gasteiger partial charge is 0.0303 e. The van der Waals surface area contributed by atoms with Gasteiger partial charge in [0.25, 0.3) is 0 Å². The molecule has 1 aromatic carbocycles. The Balaban J connectivity index is 1.72. The molecule has 1 unspecified atom stereocenters. The average molecular weight is 325 g/mol. The predicted molar refractivity (Wildman–Crippen MR) is 85.4 cm³/mol. The molecule has 1 N–H and O–H groups in total. The van der Waals surface area contributed by atoms with Gasteiger partial charge in [0.15, 0.2) is 0 Å². The Morgan fingerprint density at radius 2 is 2.00 bits per heavy atom. The van der Waals surface area contributed by atoms with Crippen molar-refractivity contribution in [2.45, 2.75) is 32.7 Å². The van der Waals surface area contributed by atoms with Gasteiger partial charge in [0.2, 0.25) is 0 Å². The fourth-order valence-corrected chi connectivity index (χ4v) is 3.29. The number of piperidine rings is 1. The number of halogens is 1. The van der Waals surface area contributed by atoms with Crippen molar-refractivity contribution in [2.75, 3.05) is 26.2 Å². The predicted octanol–water partition coefficient (Wildman–Crippen LogP) is 3.83. The second kappa shape index (κ2) is 7.41. The summed E-state index contributed by atoms with van der Waals surface area (Å²) in [7, 11) is 0. The highest BCUT2D eigenvalue weighted by molar-refractivity contribution is 9.10. The minimum atomic E-state index is 0.402. The molecule has 0 bridgehead atoms. The van der Waals surface area contributed by atoms with Gasteiger partial charge >= 0.3 is 0 Å². The summed E-state index contributed by atoms with van der Waals surface area (Å²) < 4.78 is 1.20. The van der Waals surface area contributed by atoms with E-state index in [-0.39, 0.29) is 0 Å². The summed E-state index contributed by atoms with van der Waals surface area (Å²) >= 11 is 3.62. The van der Waals surface area contributed by atoms with E-state index in [0.717, 1.165) is 12.5 Å². The van der Waals surface area contributed by atoms with Crippen LogP contribution in [0.15, 0.2) is 28.7 Å². The molecule has 0 radical (unpaired) electrons. The molecule has 0 aromatic heterocycles. The molecule has 1 aliphatic rings. The first-order valence-electron chi connectivity index (χ1n) is 7.37. The van der Waals surface area contributed by atoms with Crippen LogP contribution in [0.5, 0.6) is 0 Å². The Morgan fingerprint density at radius 1 is 1.32 bits per heavy atom. The molecule has 2 nitrogen and oxygen atoms in total. The van der Waals surface area contributed by atoms with Crippen LogP contribution in [0.1, 0.15) is 38.3 Å². The van der Waals surface area contributed by atoms with Crippen molar-refractivity contribution in [2.24, 2.45) is 5.92 Å². The van der Waals surface area contributed by atoms with Crippen molar-refractivity contribution < 1.29 is 0 Å². The molecule has 1 heterocycles. The lowest BCUT2D eigenvalue weighted by atomic mass is 9.99. The molecule has 0 aliphatic carbocycles. The second-order valence-electron chi connectivity index (χ2n) is 5.72. The Hall–Kier alpha value is -0.380. The lowest BCUT2D eigenvalue weighted by molar-refractivity contribution is 0.191. The maximum absolute atomic E-state index is 3.63. The first kappa shape index (κ1) is 15.0. The fourth-order valence-electron chi connectivity index (χ4n) is 2.66. The molecule has 3 heteroatoms. The minimum absolute atomic E-state index is 0.402. The SMILES string of the molecule is CC1CCN(CCNC(C)c2ccccc2Br)CC1. The first-order chi connectivity index (χ1) is 9.16. The molecule has 0 saturated carbocycles. The van der Waals surface area contributed by atoms with Crippen molar-refractivity contribution >= 4 is 15.9 Å². The van der Waals surface area contributed by atoms with Crippen LogP contribution in [0, 0.1) is 5.92 Å². The highest BCUT2D eigenvalue weighted by Gasteiger charge is 2.15. The zero-order valence-corrected chi connectivity index (χ0v) is 13.6. The largest absolute Gasteiger partial charge is 0.309 e. The normalized spacial score (nSPS) is 19.5. The first-order valence-corrected chi connectivity index (χ1v) is 8.16. The molecule has 1 aliphatic heterocycles. The van der Waals surface area contributed by atoms with Gasteiger partial charge in [-0.2, -0.15) is 0 Å². The summed E-state index contributed by atoms with van der Waals surface area (Å²) in [6.07, 6.45) is 2.72. The van der Waals surface area contributed by atoms with Crippen molar-refractivity contribution in [1.82, 2.24) is 10.2 Å². The molecule has 2 rings (SSSR count). The van der Waals surface area contributed by atoms with E-state index in [2.05, 4.69) is 64.3 Å². The Bertz CT molecular complexity index is 386. The van der Waals surface area contributed by atoms with Crippen LogP contribution < -0.4 is 5.32 Å². The quantitative estimate of drug-likeness (QED) is 0.885. The maximum atomic E-state index is 3.63. The summed E-state index contributed by atoms with van der Waals surface area (Å²) in [5.74, 6) is 0.920. The van der Waals surface area contributed by atoms with Crippen LogP contribution in [0.3, 0.4) is 0 Å². The van der Waals surface area contributed by atoms with Crippen LogP contribution in [-0.2, 0) is 0 Å². The van der Waals surface area contributed by atoms with Gasteiger partial charge in [0.05, 0.1) is 0 Å². The molecule has 1 atom stereocenters. The van der Waals surface area contributed by atoms with E-state index in [1.807, 2.05) is 0 Å². The van der Waals surface area contributed by atoms with Crippen molar-refractivity contribution in [3.8, 4) is 0 Å². The van der Waals surface area contributed by atoms with Crippen LogP contribution in [-0.4, -0.2) is 31.1 Å². The molecule has 1 aromatic rings. The molecule has 106 valence electrons. The summed E-state index contributed by atoms with van der Waals surface area (Å²) in [5.41, 5.74) is 1.34. The maximum Gasteiger partial charge on any atom is 0.0303 e. The summed E-state index contributed by atoms with van der Waals surface area (Å²) in [5, 5.41) is 3.63. The van der Waals surface area contributed by atoms with E-state index in [4.69, 9.17) is 0 Å². The lowest BCUT2D eigenvalue weighted by Gasteiger charge is -2.30. The Kier molecular flexibility index (Phi) is 5.86. The number of hydrogen-bond donors (Lipinski definition) is 1. The minimum Gasteiger partial charge on any atom is -0.309 e. The fraction of sp³-hybridized carbons (Fsp3) is 0.625. The number of hydrogen-bond acceptors (Lipinski definition) is 2.